The summed E-state index contributed by atoms with van der Waals surface area (Å²) in [5.74, 6) is 0. The Morgan fingerprint density at radius 1 is 1.00 bits per heavy atom. The van der Waals surface area contributed by atoms with Crippen LogP contribution < -0.4 is 5.19 Å². The van der Waals surface area contributed by atoms with E-state index < -0.39 is 0 Å². The lowest BCUT2D eigenvalue weighted by Crippen LogP contribution is -2.20. The predicted octanol–water partition coefficient (Wildman–Crippen LogP) is 1.75. The standard InChI is InChI=1S/C13H14O2Si/c1-14-9-10-15-16-13-8-4-6-11-5-2-3-7-12(11)13/h2-8H,9-10H2,1H3. The number of rotatable bonds is 5. The molecule has 2 radical (unpaired) electrons. The van der Waals surface area contributed by atoms with Crippen LogP contribution in [0.3, 0.4) is 0 Å². The van der Waals surface area contributed by atoms with Crippen molar-refractivity contribution >= 4 is 25.7 Å². The van der Waals surface area contributed by atoms with Crippen molar-refractivity contribution in [3.8, 4) is 0 Å². The lowest BCUT2D eigenvalue weighted by Gasteiger charge is -2.05. The molecule has 16 heavy (non-hydrogen) atoms. The van der Waals surface area contributed by atoms with Gasteiger partial charge in [-0.1, -0.05) is 42.5 Å². The third kappa shape index (κ3) is 2.69. The Morgan fingerprint density at radius 2 is 1.81 bits per heavy atom. The van der Waals surface area contributed by atoms with Gasteiger partial charge in [-0.25, -0.2) is 0 Å². The molecule has 0 bridgehead atoms. The number of benzene rings is 2. The Morgan fingerprint density at radius 3 is 2.69 bits per heavy atom. The summed E-state index contributed by atoms with van der Waals surface area (Å²) in [6.07, 6.45) is 0. The SMILES string of the molecule is COCCO[Si]c1cccc2ccccc12. The zero-order chi connectivity index (χ0) is 11.2. The quantitative estimate of drug-likeness (QED) is 0.575. The molecule has 0 unspecified atom stereocenters. The van der Waals surface area contributed by atoms with Crippen LogP contribution in [0.5, 0.6) is 0 Å². The maximum Gasteiger partial charge on any atom is 0.269 e. The van der Waals surface area contributed by atoms with Crippen LogP contribution in [0.25, 0.3) is 10.8 Å². The number of hydrogen-bond acceptors (Lipinski definition) is 2. The smallest absolute Gasteiger partial charge is 0.269 e. The first-order valence-electron chi connectivity index (χ1n) is 5.26. The molecule has 2 aromatic carbocycles. The van der Waals surface area contributed by atoms with E-state index in [0.717, 1.165) is 0 Å². The van der Waals surface area contributed by atoms with Gasteiger partial charge < -0.3 is 9.16 Å². The molecule has 82 valence electrons. The van der Waals surface area contributed by atoms with Crippen molar-refractivity contribution in [2.75, 3.05) is 20.3 Å². The fourth-order valence-electron chi connectivity index (χ4n) is 1.57. The molecule has 0 heterocycles. The van der Waals surface area contributed by atoms with Crippen LogP contribution in [-0.4, -0.2) is 30.1 Å². The number of hydrogen-bond donors (Lipinski definition) is 0. The fourth-order valence-corrected chi connectivity index (χ4v) is 2.41. The molecule has 3 heteroatoms. The molecule has 0 aliphatic carbocycles. The molecule has 0 N–H and O–H groups in total. The minimum absolute atomic E-state index is 0.388. The molecule has 0 spiro atoms. The van der Waals surface area contributed by atoms with E-state index in [1.54, 1.807) is 7.11 Å². The highest BCUT2D eigenvalue weighted by molar-refractivity contribution is 6.51. The van der Waals surface area contributed by atoms with Gasteiger partial charge in [0.2, 0.25) is 0 Å². The maximum atomic E-state index is 5.57. The Hall–Kier alpha value is -1.16. The van der Waals surface area contributed by atoms with Crippen LogP contribution in [0.2, 0.25) is 0 Å². The molecule has 2 rings (SSSR count). The average Bonchev–Trinajstić information content (AvgIpc) is 2.35. The van der Waals surface area contributed by atoms with Gasteiger partial charge in [-0.3, -0.25) is 0 Å². The van der Waals surface area contributed by atoms with E-state index in [1.165, 1.54) is 16.0 Å². The topological polar surface area (TPSA) is 18.5 Å². The first-order valence-corrected chi connectivity index (χ1v) is 6.17. The summed E-state index contributed by atoms with van der Waals surface area (Å²) in [7, 11) is 2.07. The minimum Gasteiger partial charge on any atom is -0.409 e. The summed E-state index contributed by atoms with van der Waals surface area (Å²) in [6, 6.07) is 14.7. The first kappa shape index (κ1) is 11.3. The molecule has 0 aliphatic rings. The zero-order valence-corrected chi connectivity index (χ0v) is 10.3. The van der Waals surface area contributed by atoms with Crippen LogP contribution in [-0.2, 0) is 9.16 Å². The minimum atomic E-state index is 0.388. The molecule has 0 amide bonds. The van der Waals surface area contributed by atoms with E-state index in [-0.39, 0.29) is 0 Å². The van der Waals surface area contributed by atoms with Gasteiger partial charge in [0.15, 0.2) is 0 Å². The molecule has 0 atom stereocenters. The Labute approximate surface area is 98.1 Å². The van der Waals surface area contributed by atoms with Gasteiger partial charge in [0.25, 0.3) is 9.76 Å². The molecule has 0 aliphatic heterocycles. The van der Waals surface area contributed by atoms with E-state index in [9.17, 15) is 0 Å². The number of fused-ring (bicyclic) bond motifs is 1. The van der Waals surface area contributed by atoms with E-state index in [4.69, 9.17) is 9.16 Å². The van der Waals surface area contributed by atoms with Crippen LogP contribution in [0.1, 0.15) is 0 Å². The lowest BCUT2D eigenvalue weighted by molar-refractivity contribution is 0.150. The summed E-state index contributed by atoms with van der Waals surface area (Å²) in [5.41, 5.74) is 0. The highest BCUT2D eigenvalue weighted by Gasteiger charge is 2.01. The van der Waals surface area contributed by atoms with Gasteiger partial charge in [-0.2, -0.15) is 0 Å². The third-order valence-electron chi connectivity index (χ3n) is 2.36. The molecule has 0 aromatic heterocycles. The lowest BCUT2D eigenvalue weighted by atomic mass is 10.1. The number of methoxy groups -OCH3 is 1. The monoisotopic (exact) mass is 230 g/mol. The molecular weight excluding hydrogens is 216 g/mol. The largest absolute Gasteiger partial charge is 0.409 e. The predicted molar refractivity (Wildman–Crippen MR) is 67.2 cm³/mol. The molecule has 0 saturated heterocycles. The van der Waals surface area contributed by atoms with Gasteiger partial charge in [-0.05, 0) is 16.0 Å². The highest BCUT2D eigenvalue weighted by atomic mass is 28.2. The van der Waals surface area contributed by atoms with Crippen molar-refractivity contribution in [1.29, 1.82) is 0 Å². The molecule has 0 saturated carbocycles. The van der Waals surface area contributed by atoms with Crippen LogP contribution in [0, 0.1) is 0 Å². The third-order valence-corrected chi connectivity index (χ3v) is 3.37. The molecule has 0 fully saturated rings. The van der Waals surface area contributed by atoms with E-state index in [2.05, 4.69) is 42.5 Å². The van der Waals surface area contributed by atoms with Gasteiger partial charge >= 0.3 is 0 Å². The molecular formula is C13H14O2Si. The van der Waals surface area contributed by atoms with Gasteiger partial charge in [0.05, 0.1) is 13.2 Å². The Balaban J connectivity index is 2.11. The van der Waals surface area contributed by atoms with Gasteiger partial charge in [0, 0.05) is 7.11 Å². The van der Waals surface area contributed by atoms with E-state index >= 15 is 0 Å². The van der Waals surface area contributed by atoms with Crippen LogP contribution in [0.15, 0.2) is 42.5 Å². The van der Waals surface area contributed by atoms with Crippen molar-refractivity contribution < 1.29 is 9.16 Å². The summed E-state index contributed by atoms with van der Waals surface area (Å²) < 4.78 is 10.5. The first-order chi connectivity index (χ1) is 7.92. The second-order valence-electron chi connectivity index (χ2n) is 3.47. The van der Waals surface area contributed by atoms with E-state index in [1.807, 2.05) is 0 Å². The maximum absolute atomic E-state index is 5.57. The van der Waals surface area contributed by atoms with Gasteiger partial charge in [0.1, 0.15) is 0 Å². The van der Waals surface area contributed by atoms with Crippen molar-refractivity contribution in [2.24, 2.45) is 0 Å². The highest BCUT2D eigenvalue weighted by Crippen LogP contribution is 2.10. The Bertz CT molecular complexity index is 451. The van der Waals surface area contributed by atoms with Crippen LogP contribution in [0.4, 0.5) is 0 Å². The average molecular weight is 230 g/mol. The van der Waals surface area contributed by atoms with Gasteiger partial charge in [-0.15, -0.1) is 0 Å². The Kier molecular flexibility index (Phi) is 4.10. The summed E-state index contributed by atoms with van der Waals surface area (Å²) in [5, 5.41) is 3.80. The van der Waals surface area contributed by atoms with Crippen molar-refractivity contribution in [1.82, 2.24) is 0 Å². The summed E-state index contributed by atoms with van der Waals surface area (Å²) >= 11 is 0. The van der Waals surface area contributed by atoms with Crippen molar-refractivity contribution in [3.05, 3.63) is 42.5 Å². The van der Waals surface area contributed by atoms with Crippen molar-refractivity contribution in [2.45, 2.75) is 0 Å². The van der Waals surface area contributed by atoms with E-state index in [0.29, 0.717) is 23.0 Å². The fraction of sp³-hybridized carbons (Fsp3) is 0.231. The summed E-state index contributed by atoms with van der Waals surface area (Å²) in [4.78, 5) is 0. The van der Waals surface area contributed by atoms with Crippen LogP contribution >= 0.6 is 0 Å². The molecule has 2 aromatic rings. The zero-order valence-electron chi connectivity index (χ0n) is 9.27. The molecule has 2 nitrogen and oxygen atoms in total. The number of ether oxygens (including phenoxy) is 1. The summed E-state index contributed by atoms with van der Waals surface area (Å²) in [6.45, 7) is 1.30. The second kappa shape index (κ2) is 5.79. The second-order valence-corrected chi connectivity index (χ2v) is 4.50. The normalized spacial score (nSPS) is 10.8. The van der Waals surface area contributed by atoms with Crippen molar-refractivity contribution in [3.63, 3.8) is 0 Å².